The molecule has 0 radical (unpaired) electrons. The number of thiophene rings is 1. The van der Waals surface area contributed by atoms with Gasteiger partial charge in [0.15, 0.2) is 0 Å². The molecule has 0 aliphatic rings. The van der Waals surface area contributed by atoms with Crippen LogP contribution >= 0.6 is 11.3 Å². The van der Waals surface area contributed by atoms with Crippen LogP contribution < -0.4 is 5.73 Å². The highest BCUT2D eigenvalue weighted by Gasteiger charge is 2.14. The zero-order valence-corrected chi connectivity index (χ0v) is 8.61. The quantitative estimate of drug-likeness (QED) is 0.758. The van der Waals surface area contributed by atoms with Crippen LogP contribution in [0.2, 0.25) is 0 Å². The van der Waals surface area contributed by atoms with E-state index >= 15 is 0 Å². The van der Waals surface area contributed by atoms with E-state index in [4.69, 9.17) is 5.73 Å². The topological polar surface area (TPSA) is 52.3 Å². The summed E-state index contributed by atoms with van der Waals surface area (Å²) in [6, 6.07) is 0. The second-order valence-corrected chi connectivity index (χ2v) is 3.62. The molecule has 0 aromatic carbocycles. The number of hydrogen-bond acceptors (Lipinski definition) is 4. The van der Waals surface area contributed by atoms with Gasteiger partial charge in [0.2, 0.25) is 0 Å². The molecule has 0 aliphatic heterocycles. The molecule has 72 valence electrons. The monoisotopic (exact) mass is 199 g/mol. The van der Waals surface area contributed by atoms with Gasteiger partial charge in [0.25, 0.3) is 0 Å². The van der Waals surface area contributed by atoms with E-state index in [0.29, 0.717) is 10.6 Å². The van der Waals surface area contributed by atoms with Crippen molar-refractivity contribution in [3.63, 3.8) is 0 Å². The second-order valence-electron chi connectivity index (χ2n) is 2.75. The van der Waals surface area contributed by atoms with Crippen LogP contribution in [0, 0.1) is 0 Å². The standard InChI is InChI=1S/C9H13NO2S/c1-3-4-6-5-13-8(7(6)10)9(11)12-2/h5H,3-4,10H2,1-2H3. The Bertz CT molecular complexity index is 307. The SMILES string of the molecule is CCCc1csc(C(=O)OC)c1N. The molecule has 1 heterocycles. The lowest BCUT2D eigenvalue weighted by Gasteiger charge is -1.98. The van der Waals surface area contributed by atoms with Gasteiger partial charge in [-0.25, -0.2) is 4.79 Å². The zero-order valence-electron chi connectivity index (χ0n) is 7.79. The molecular formula is C9H13NO2S. The largest absolute Gasteiger partial charge is 0.465 e. The predicted octanol–water partition coefficient (Wildman–Crippen LogP) is 2.07. The van der Waals surface area contributed by atoms with Crippen molar-refractivity contribution in [1.82, 2.24) is 0 Å². The number of nitrogens with two attached hydrogens (primary N) is 1. The molecule has 1 rings (SSSR count). The summed E-state index contributed by atoms with van der Waals surface area (Å²) in [4.78, 5) is 11.7. The van der Waals surface area contributed by atoms with E-state index in [1.165, 1.54) is 18.4 Å². The third kappa shape index (κ3) is 2.01. The van der Waals surface area contributed by atoms with Gasteiger partial charge in [-0.2, -0.15) is 0 Å². The van der Waals surface area contributed by atoms with Crippen LogP contribution in [0.1, 0.15) is 28.6 Å². The average molecular weight is 199 g/mol. The van der Waals surface area contributed by atoms with E-state index in [-0.39, 0.29) is 5.97 Å². The number of hydrogen-bond donors (Lipinski definition) is 1. The summed E-state index contributed by atoms with van der Waals surface area (Å²) < 4.78 is 4.60. The third-order valence-corrected chi connectivity index (χ3v) is 2.82. The lowest BCUT2D eigenvalue weighted by Crippen LogP contribution is -2.02. The first-order valence-electron chi connectivity index (χ1n) is 4.14. The van der Waals surface area contributed by atoms with Crippen molar-refractivity contribution >= 4 is 23.0 Å². The van der Waals surface area contributed by atoms with Crippen molar-refractivity contribution in [1.29, 1.82) is 0 Å². The molecule has 1 aromatic rings. The highest BCUT2D eigenvalue weighted by atomic mass is 32.1. The Morgan fingerprint density at radius 1 is 1.69 bits per heavy atom. The molecule has 4 heteroatoms. The van der Waals surface area contributed by atoms with Crippen molar-refractivity contribution in [2.75, 3.05) is 12.8 Å². The summed E-state index contributed by atoms with van der Waals surface area (Å²) in [6.07, 6.45) is 1.95. The number of nitrogen functional groups attached to an aromatic ring is 1. The van der Waals surface area contributed by atoms with Crippen LogP contribution in [-0.2, 0) is 11.2 Å². The number of ether oxygens (including phenoxy) is 1. The molecular weight excluding hydrogens is 186 g/mol. The first-order chi connectivity index (χ1) is 6.20. The Labute approximate surface area is 81.5 Å². The van der Waals surface area contributed by atoms with E-state index in [1.54, 1.807) is 0 Å². The van der Waals surface area contributed by atoms with E-state index in [1.807, 2.05) is 5.38 Å². The highest BCUT2D eigenvalue weighted by molar-refractivity contribution is 7.12. The summed E-state index contributed by atoms with van der Waals surface area (Å²) in [5.74, 6) is -0.343. The van der Waals surface area contributed by atoms with Gasteiger partial charge in [-0.05, 0) is 17.4 Å². The molecule has 2 N–H and O–H groups in total. The van der Waals surface area contributed by atoms with Gasteiger partial charge in [0, 0.05) is 0 Å². The average Bonchev–Trinajstić information content (AvgIpc) is 2.48. The fourth-order valence-corrected chi connectivity index (χ4v) is 2.06. The van der Waals surface area contributed by atoms with Gasteiger partial charge in [-0.15, -0.1) is 11.3 Å². The molecule has 1 aromatic heterocycles. The van der Waals surface area contributed by atoms with Crippen LogP contribution in [0.4, 0.5) is 5.69 Å². The number of rotatable bonds is 3. The number of carbonyl (C=O) groups excluding carboxylic acids is 1. The highest BCUT2D eigenvalue weighted by Crippen LogP contribution is 2.26. The predicted molar refractivity (Wildman–Crippen MR) is 54.1 cm³/mol. The Morgan fingerprint density at radius 3 is 2.92 bits per heavy atom. The fraction of sp³-hybridized carbons (Fsp3) is 0.444. The van der Waals surface area contributed by atoms with E-state index < -0.39 is 0 Å². The molecule has 13 heavy (non-hydrogen) atoms. The van der Waals surface area contributed by atoms with Crippen molar-refractivity contribution < 1.29 is 9.53 Å². The molecule has 0 atom stereocenters. The normalized spacial score (nSPS) is 10.0. The van der Waals surface area contributed by atoms with Crippen LogP contribution in [0.3, 0.4) is 0 Å². The summed E-state index contributed by atoms with van der Waals surface area (Å²) in [5.41, 5.74) is 7.41. The number of carbonyl (C=O) groups is 1. The van der Waals surface area contributed by atoms with Crippen molar-refractivity contribution in [2.45, 2.75) is 19.8 Å². The first-order valence-corrected chi connectivity index (χ1v) is 5.02. The Hall–Kier alpha value is -1.03. The van der Waals surface area contributed by atoms with Gasteiger partial charge in [-0.3, -0.25) is 0 Å². The maximum absolute atomic E-state index is 11.2. The molecule has 0 amide bonds. The number of methoxy groups -OCH3 is 1. The van der Waals surface area contributed by atoms with Crippen molar-refractivity contribution in [3.05, 3.63) is 15.8 Å². The smallest absolute Gasteiger partial charge is 0.350 e. The maximum atomic E-state index is 11.2. The first kappa shape index (κ1) is 10.1. The van der Waals surface area contributed by atoms with Crippen LogP contribution in [-0.4, -0.2) is 13.1 Å². The van der Waals surface area contributed by atoms with E-state index in [0.717, 1.165) is 18.4 Å². The zero-order chi connectivity index (χ0) is 9.84. The van der Waals surface area contributed by atoms with Crippen molar-refractivity contribution in [2.24, 2.45) is 0 Å². The van der Waals surface area contributed by atoms with Crippen LogP contribution in [0.15, 0.2) is 5.38 Å². The van der Waals surface area contributed by atoms with Crippen molar-refractivity contribution in [3.8, 4) is 0 Å². The lowest BCUT2D eigenvalue weighted by molar-refractivity contribution is 0.0607. The van der Waals surface area contributed by atoms with Crippen LogP contribution in [0.25, 0.3) is 0 Å². The number of aryl methyl sites for hydroxylation is 1. The molecule has 0 aliphatic carbocycles. The lowest BCUT2D eigenvalue weighted by atomic mass is 10.1. The van der Waals surface area contributed by atoms with Gasteiger partial charge < -0.3 is 10.5 Å². The van der Waals surface area contributed by atoms with Crippen LogP contribution in [0.5, 0.6) is 0 Å². The number of anilines is 1. The molecule has 0 saturated heterocycles. The molecule has 0 saturated carbocycles. The minimum atomic E-state index is -0.343. The van der Waals surface area contributed by atoms with Gasteiger partial charge in [0.05, 0.1) is 12.8 Å². The Balaban J connectivity index is 2.92. The Morgan fingerprint density at radius 2 is 2.38 bits per heavy atom. The van der Waals surface area contributed by atoms with Gasteiger partial charge >= 0.3 is 5.97 Å². The van der Waals surface area contributed by atoms with Gasteiger partial charge in [0.1, 0.15) is 4.88 Å². The summed E-state index contributed by atoms with van der Waals surface area (Å²) in [7, 11) is 1.36. The fourth-order valence-electron chi connectivity index (χ4n) is 1.12. The maximum Gasteiger partial charge on any atom is 0.350 e. The minimum Gasteiger partial charge on any atom is -0.465 e. The van der Waals surface area contributed by atoms with Gasteiger partial charge in [-0.1, -0.05) is 13.3 Å². The van der Waals surface area contributed by atoms with E-state index in [9.17, 15) is 4.79 Å². The molecule has 0 spiro atoms. The third-order valence-electron chi connectivity index (χ3n) is 1.80. The van der Waals surface area contributed by atoms with E-state index in [2.05, 4.69) is 11.7 Å². The molecule has 0 fully saturated rings. The summed E-state index contributed by atoms with van der Waals surface area (Å²) >= 11 is 1.35. The Kier molecular flexibility index (Phi) is 3.31. The molecule has 0 bridgehead atoms. The second kappa shape index (κ2) is 4.28. The minimum absolute atomic E-state index is 0.343. The molecule has 3 nitrogen and oxygen atoms in total. The molecule has 0 unspecified atom stereocenters. The number of esters is 1. The summed E-state index contributed by atoms with van der Waals surface area (Å²) in [6.45, 7) is 2.08. The summed E-state index contributed by atoms with van der Waals surface area (Å²) in [5, 5.41) is 1.92.